The Hall–Kier alpha value is -2.39. The zero-order valence-corrected chi connectivity index (χ0v) is 20.0. The number of rotatable bonds is 6. The standard InChI is InChI=1S/C23H24ClN3O3S2/c1-17-5-7-18(8-6-17)16-25-23(28)22-21(9-14-31-22)32(29,30)27-12-10-26(11-13-27)20-4-2-3-19(24)15-20/h2-9,14-15H,10-13,16H2,1H3,(H,25,28). The lowest BCUT2D eigenvalue weighted by Gasteiger charge is -2.35. The van der Waals surface area contributed by atoms with Crippen molar-refractivity contribution in [2.45, 2.75) is 18.4 Å². The first-order valence-corrected chi connectivity index (χ1v) is 13.0. The fraction of sp³-hybridized carbons (Fsp3) is 0.261. The van der Waals surface area contributed by atoms with E-state index in [1.807, 2.05) is 55.5 Å². The molecule has 0 bridgehead atoms. The van der Waals surface area contributed by atoms with E-state index in [1.165, 1.54) is 10.4 Å². The summed E-state index contributed by atoms with van der Waals surface area (Å²) < 4.78 is 28.0. The van der Waals surface area contributed by atoms with Crippen molar-refractivity contribution in [2.24, 2.45) is 0 Å². The van der Waals surface area contributed by atoms with E-state index in [0.717, 1.165) is 28.2 Å². The molecule has 0 unspecified atom stereocenters. The van der Waals surface area contributed by atoms with Crippen LogP contribution in [0.2, 0.25) is 5.02 Å². The number of thiophene rings is 1. The van der Waals surface area contributed by atoms with Gasteiger partial charge in [-0.3, -0.25) is 4.79 Å². The largest absolute Gasteiger partial charge is 0.369 e. The molecule has 1 saturated heterocycles. The van der Waals surface area contributed by atoms with Crippen LogP contribution in [0.15, 0.2) is 64.9 Å². The van der Waals surface area contributed by atoms with Gasteiger partial charge in [0.25, 0.3) is 5.91 Å². The van der Waals surface area contributed by atoms with Crippen LogP contribution in [-0.2, 0) is 16.6 Å². The zero-order chi connectivity index (χ0) is 22.7. The van der Waals surface area contributed by atoms with Crippen LogP contribution in [0.4, 0.5) is 5.69 Å². The number of halogens is 1. The van der Waals surface area contributed by atoms with Crippen molar-refractivity contribution in [3.63, 3.8) is 0 Å². The number of nitrogens with one attached hydrogen (secondary N) is 1. The molecule has 1 amide bonds. The Morgan fingerprint density at radius 1 is 1.06 bits per heavy atom. The lowest BCUT2D eigenvalue weighted by Crippen LogP contribution is -2.48. The van der Waals surface area contributed by atoms with Crippen molar-refractivity contribution in [3.05, 3.63) is 81.0 Å². The fourth-order valence-corrected chi connectivity index (χ4v) is 6.56. The van der Waals surface area contributed by atoms with Gasteiger partial charge in [0.15, 0.2) is 0 Å². The van der Waals surface area contributed by atoms with Gasteiger partial charge in [-0.2, -0.15) is 4.31 Å². The predicted molar refractivity (Wildman–Crippen MR) is 129 cm³/mol. The Morgan fingerprint density at radius 3 is 2.47 bits per heavy atom. The zero-order valence-electron chi connectivity index (χ0n) is 17.6. The molecule has 1 fully saturated rings. The van der Waals surface area contributed by atoms with E-state index in [4.69, 9.17) is 11.6 Å². The Bertz CT molecular complexity index is 1200. The Kier molecular flexibility index (Phi) is 6.85. The molecule has 9 heteroatoms. The second-order valence-corrected chi connectivity index (χ2v) is 10.9. The van der Waals surface area contributed by atoms with Crippen molar-refractivity contribution in [1.29, 1.82) is 0 Å². The molecular formula is C23H24ClN3O3S2. The summed E-state index contributed by atoms with van der Waals surface area (Å²) in [5.74, 6) is -0.378. The number of hydrogen-bond acceptors (Lipinski definition) is 5. The number of anilines is 1. The smallest absolute Gasteiger partial charge is 0.263 e. The molecule has 4 rings (SSSR count). The van der Waals surface area contributed by atoms with Gasteiger partial charge in [0.1, 0.15) is 9.77 Å². The van der Waals surface area contributed by atoms with Crippen molar-refractivity contribution in [3.8, 4) is 0 Å². The van der Waals surface area contributed by atoms with Crippen LogP contribution in [-0.4, -0.2) is 44.8 Å². The van der Waals surface area contributed by atoms with Crippen LogP contribution in [0, 0.1) is 6.92 Å². The Morgan fingerprint density at radius 2 is 1.78 bits per heavy atom. The molecular weight excluding hydrogens is 466 g/mol. The van der Waals surface area contributed by atoms with Crippen molar-refractivity contribution in [1.82, 2.24) is 9.62 Å². The average molecular weight is 490 g/mol. The van der Waals surface area contributed by atoms with Gasteiger partial charge in [-0.15, -0.1) is 11.3 Å². The highest BCUT2D eigenvalue weighted by atomic mass is 35.5. The van der Waals surface area contributed by atoms with Crippen molar-refractivity contribution < 1.29 is 13.2 Å². The second kappa shape index (κ2) is 9.62. The molecule has 1 aliphatic heterocycles. The Labute approximate surface area is 197 Å². The maximum absolute atomic E-state index is 13.3. The number of aryl methyl sites for hydroxylation is 1. The Balaban J connectivity index is 1.43. The highest BCUT2D eigenvalue weighted by Gasteiger charge is 2.32. The molecule has 0 atom stereocenters. The molecule has 0 saturated carbocycles. The molecule has 1 aromatic heterocycles. The van der Waals surface area contributed by atoms with Gasteiger partial charge in [0.2, 0.25) is 10.0 Å². The minimum atomic E-state index is -3.77. The summed E-state index contributed by atoms with van der Waals surface area (Å²) in [6, 6.07) is 16.9. The SMILES string of the molecule is Cc1ccc(CNC(=O)c2sccc2S(=O)(=O)N2CCN(c3cccc(Cl)c3)CC2)cc1. The highest BCUT2D eigenvalue weighted by Crippen LogP contribution is 2.27. The molecule has 0 radical (unpaired) electrons. The van der Waals surface area contributed by atoms with Gasteiger partial charge >= 0.3 is 0 Å². The minimum absolute atomic E-state index is 0.0695. The van der Waals surface area contributed by atoms with E-state index in [-0.39, 0.29) is 15.7 Å². The van der Waals surface area contributed by atoms with E-state index in [2.05, 4.69) is 10.2 Å². The number of hydrogen-bond donors (Lipinski definition) is 1. The minimum Gasteiger partial charge on any atom is -0.369 e. The number of sulfonamides is 1. The maximum atomic E-state index is 13.3. The maximum Gasteiger partial charge on any atom is 0.263 e. The van der Waals surface area contributed by atoms with E-state index in [0.29, 0.717) is 37.7 Å². The third kappa shape index (κ3) is 4.99. The first-order valence-electron chi connectivity index (χ1n) is 10.3. The summed E-state index contributed by atoms with van der Waals surface area (Å²) in [6.07, 6.45) is 0. The number of benzene rings is 2. The summed E-state index contributed by atoms with van der Waals surface area (Å²) >= 11 is 7.22. The lowest BCUT2D eigenvalue weighted by atomic mass is 10.1. The van der Waals surface area contributed by atoms with Crippen molar-refractivity contribution in [2.75, 3.05) is 31.1 Å². The highest BCUT2D eigenvalue weighted by molar-refractivity contribution is 7.89. The summed E-state index contributed by atoms with van der Waals surface area (Å²) in [4.78, 5) is 15.2. The first kappa shape index (κ1) is 22.8. The molecule has 6 nitrogen and oxygen atoms in total. The van der Waals surface area contributed by atoms with Crippen LogP contribution in [0.3, 0.4) is 0 Å². The number of piperazine rings is 1. The first-order chi connectivity index (χ1) is 15.3. The van der Waals surface area contributed by atoms with Gasteiger partial charge in [0.05, 0.1) is 0 Å². The summed E-state index contributed by atoms with van der Waals surface area (Å²) in [7, 11) is -3.77. The normalized spacial score (nSPS) is 15.0. The summed E-state index contributed by atoms with van der Waals surface area (Å²) in [6.45, 7) is 4.14. The molecule has 2 aromatic carbocycles. The summed E-state index contributed by atoms with van der Waals surface area (Å²) in [5.41, 5.74) is 3.07. The molecule has 168 valence electrons. The number of amides is 1. The van der Waals surface area contributed by atoms with Crippen LogP contribution >= 0.6 is 22.9 Å². The van der Waals surface area contributed by atoms with Gasteiger partial charge in [-0.1, -0.05) is 47.5 Å². The van der Waals surface area contributed by atoms with Gasteiger partial charge in [0, 0.05) is 43.4 Å². The fourth-order valence-electron chi connectivity index (χ4n) is 3.63. The lowest BCUT2D eigenvalue weighted by molar-refractivity contribution is 0.0952. The van der Waals surface area contributed by atoms with Crippen LogP contribution in [0.1, 0.15) is 20.8 Å². The topological polar surface area (TPSA) is 69.7 Å². The monoisotopic (exact) mass is 489 g/mol. The molecule has 2 heterocycles. The summed E-state index contributed by atoms with van der Waals surface area (Å²) in [5, 5.41) is 5.14. The van der Waals surface area contributed by atoms with Gasteiger partial charge in [-0.25, -0.2) is 8.42 Å². The number of carbonyl (C=O) groups is 1. The van der Waals surface area contributed by atoms with E-state index in [9.17, 15) is 13.2 Å². The predicted octanol–water partition coefficient (Wildman–Crippen LogP) is 4.15. The second-order valence-electron chi connectivity index (χ2n) is 7.65. The molecule has 3 aromatic rings. The van der Waals surface area contributed by atoms with E-state index >= 15 is 0 Å². The average Bonchev–Trinajstić information content (AvgIpc) is 3.30. The van der Waals surface area contributed by atoms with E-state index < -0.39 is 10.0 Å². The van der Waals surface area contributed by atoms with Crippen LogP contribution in [0.25, 0.3) is 0 Å². The molecule has 0 aliphatic carbocycles. The molecule has 1 N–H and O–H groups in total. The molecule has 32 heavy (non-hydrogen) atoms. The molecule has 0 spiro atoms. The number of carbonyl (C=O) groups excluding carboxylic acids is 1. The quantitative estimate of drug-likeness (QED) is 0.564. The van der Waals surface area contributed by atoms with E-state index in [1.54, 1.807) is 5.38 Å². The van der Waals surface area contributed by atoms with Crippen LogP contribution in [0.5, 0.6) is 0 Å². The van der Waals surface area contributed by atoms with Gasteiger partial charge < -0.3 is 10.2 Å². The third-order valence-electron chi connectivity index (χ3n) is 5.44. The van der Waals surface area contributed by atoms with Crippen LogP contribution < -0.4 is 10.2 Å². The van der Waals surface area contributed by atoms with Crippen molar-refractivity contribution >= 4 is 44.6 Å². The third-order valence-corrected chi connectivity index (χ3v) is 8.66. The molecule has 1 aliphatic rings. The van der Waals surface area contributed by atoms with Gasteiger partial charge in [-0.05, 0) is 42.1 Å². The number of nitrogens with zero attached hydrogens (tertiary/aromatic N) is 2.